The summed E-state index contributed by atoms with van der Waals surface area (Å²) >= 11 is 0. The van der Waals surface area contributed by atoms with Crippen LogP contribution in [0.2, 0.25) is 0 Å². The van der Waals surface area contributed by atoms with Gasteiger partial charge in [0.2, 0.25) is 5.95 Å². The van der Waals surface area contributed by atoms with Gasteiger partial charge < -0.3 is 10.3 Å². The molecule has 2 heterocycles. The van der Waals surface area contributed by atoms with Gasteiger partial charge in [-0.1, -0.05) is 12.1 Å². The molecule has 2 N–H and O–H groups in total. The molecule has 0 aliphatic rings. The molecule has 5 heteroatoms. The van der Waals surface area contributed by atoms with Crippen molar-refractivity contribution in [2.45, 2.75) is 6.92 Å². The normalized spacial score (nSPS) is 11.2. The lowest BCUT2D eigenvalue weighted by Crippen LogP contribution is -1.97. The minimum atomic E-state index is 0.389. The minimum Gasteiger partial charge on any atom is -0.368 e. The molecule has 100 valence electrons. The van der Waals surface area contributed by atoms with E-state index in [9.17, 15) is 0 Å². The second-order valence-corrected chi connectivity index (χ2v) is 4.51. The quantitative estimate of drug-likeness (QED) is 0.739. The standard InChI is InChI=1S/C15H15N5/c1-12-11-20(15(16)18-12)17-10-13-5-4-6-14(9-13)19-7-2-3-8-19/h2-11H,1H3,(H2,16,18). The van der Waals surface area contributed by atoms with Gasteiger partial charge in [-0.05, 0) is 36.8 Å². The summed E-state index contributed by atoms with van der Waals surface area (Å²) in [5.74, 6) is 0.389. The molecule has 1 aromatic carbocycles. The Morgan fingerprint density at radius 3 is 2.70 bits per heavy atom. The van der Waals surface area contributed by atoms with Crippen molar-refractivity contribution in [3.63, 3.8) is 0 Å². The summed E-state index contributed by atoms with van der Waals surface area (Å²) in [6, 6.07) is 12.1. The van der Waals surface area contributed by atoms with E-state index in [4.69, 9.17) is 5.73 Å². The minimum absolute atomic E-state index is 0.389. The molecule has 0 saturated carbocycles. The lowest BCUT2D eigenvalue weighted by atomic mass is 10.2. The van der Waals surface area contributed by atoms with Crippen molar-refractivity contribution in [3.05, 3.63) is 66.2 Å². The average molecular weight is 265 g/mol. The maximum absolute atomic E-state index is 5.75. The predicted molar refractivity (Wildman–Crippen MR) is 80.1 cm³/mol. The van der Waals surface area contributed by atoms with E-state index in [1.807, 2.05) is 54.2 Å². The zero-order valence-electron chi connectivity index (χ0n) is 11.1. The summed E-state index contributed by atoms with van der Waals surface area (Å²) in [6.07, 6.45) is 7.58. The first-order valence-electron chi connectivity index (χ1n) is 6.31. The van der Waals surface area contributed by atoms with Crippen molar-refractivity contribution in [2.75, 3.05) is 5.73 Å². The summed E-state index contributed by atoms with van der Waals surface area (Å²) in [7, 11) is 0. The molecule has 0 radical (unpaired) electrons. The SMILES string of the molecule is Cc1cn(N=Cc2cccc(-n3cccc3)c2)c(N)n1. The van der Waals surface area contributed by atoms with E-state index in [-0.39, 0.29) is 0 Å². The highest BCUT2D eigenvalue weighted by Crippen LogP contribution is 2.10. The van der Waals surface area contributed by atoms with Gasteiger partial charge >= 0.3 is 0 Å². The van der Waals surface area contributed by atoms with Crippen LogP contribution in [0.5, 0.6) is 0 Å². The van der Waals surface area contributed by atoms with Crippen LogP contribution in [0.1, 0.15) is 11.3 Å². The third kappa shape index (κ3) is 2.47. The first-order valence-corrected chi connectivity index (χ1v) is 6.31. The van der Waals surface area contributed by atoms with Crippen LogP contribution in [0, 0.1) is 6.92 Å². The zero-order valence-corrected chi connectivity index (χ0v) is 11.1. The monoisotopic (exact) mass is 265 g/mol. The largest absolute Gasteiger partial charge is 0.368 e. The van der Waals surface area contributed by atoms with Crippen LogP contribution in [0.3, 0.4) is 0 Å². The number of nitrogens with zero attached hydrogens (tertiary/aromatic N) is 4. The molecular formula is C15H15N5. The Hall–Kier alpha value is -2.82. The molecule has 5 nitrogen and oxygen atoms in total. The highest BCUT2D eigenvalue weighted by Gasteiger charge is 1.99. The van der Waals surface area contributed by atoms with Crippen molar-refractivity contribution in [2.24, 2.45) is 5.10 Å². The third-order valence-corrected chi connectivity index (χ3v) is 2.94. The number of aromatic nitrogens is 3. The zero-order chi connectivity index (χ0) is 13.9. The molecule has 3 rings (SSSR count). The van der Waals surface area contributed by atoms with Crippen LogP contribution in [0.25, 0.3) is 5.69 Å². The van der Waals surface area contributed by atoms with Crippen LogP contribution in [-0.2, 0) is 0 Å². The van der Waals surface area contributed by atoms with E-state index in [2.05, 4.69) is 16.2 Å². The Kier molecular flexibility index (Phi) is 3.09. The molecule has 0 aliphatic heterocycles. The molecule has 0 aliphatic carbocycles. The van der Waals surface area contributed by atoms with E-state index in [0.717, 1.165) is 16.9 Å². The lowest BCUT2D eigenvalue weighted by molar-refractivity contribution is 0.897. The molecule has 0 bridgehead atoms. The molecule has 0 atom stereocenters. The maximum Gasteiger partial charge on any atom is 0.221 e. The Morgan fingerprint density at radius 1 is 1.20 bits per heavy atom. The van der Waals surface area contributed by atoms with Gasteiger partial charge in [-0.15, -0.1) is 0 Å². The molecule has 20 heavy (non-hydrogen) atoms. The second-order valence-electron chi connectivity index (χ2n) is 4.51. The van der Waals surface area contributed by atoms with Gasteiger partial charge in [0.25, 0.3) is 0 Å². The Balaban J connectivity index is 1.88. The molecular weight excluding hydrogens is 250 g/mol. The van der Waals surface area contributed by atoms with E-state index in [1.54, 1.807) is 17.1 Å². The number of hydrogen-bond donors (Lipinski definition) is 1. The smallest absolute Gasteiger partial charge is 0.221 e. The number of imidazole rings is 1. The van der Waals surface area contributed by atoms with E-state index in [0.29, 0.717) is 5.95 Å². The number of nitrogen functional groups attached to an aromatic ring is 1. The van der Waals surface area contributed by atoms with E-state index >= 15 is 0 Å². The van der Waals surface area contributed by atoms with Crippen LogP contribution < -0.4 is 5.73 Å². The van der Waals surface area contributed by atoms with Gasteiger partial charge in [0, 0.05) is 18.1 Å². The Bertz CT molecular complexity index is 737. The number of hydrogen-bond acceptors (Lipinski definition) is 3. The van der Waals surface area contributed by atoms with Crippen LogP contribution >= 0.6 is 0 Å². The number of rotatable bonds is 3. The predicted octanol–water partition coefficient (Wildman–Crippen LogP) is 2.45. The Labute approximate surface area is 117 Å². The fraction of sp³-hybridized carbons (Fsp3) is 0.0667. The van der Waals surface area contributed by atoms with Crippen LogP contribution in [0.4, 0.5) is 5.95 Å². The molecule has 0 fully saturated rings. The highest BCUT2D eigenvalue weighted by molar-refractivity contribution is 5.80. The number of nitrogens with two attached hydrogens (primary N) is 1. The van der Waals surface area contributed by atoms with Gasteiger partial charge in [0.05, 0.1) is 18.1 Å². The van der Waals surface area contributed by atoms with Crippen molar-refractivity contribution < 1.29 is 0 Å². The van der Waals surface area contributed by atoms with Crippen molar-refractivity contribution in [1.82, 2.24) is 14.2 Å². The topological polar surface area (TPSA) is 61.1 Å². The third-order valence-electron chi connectivity index (χ3n) is 2.94. The number of benzene rings is 1. The Morgan fingerprint density at radius 2 is 2.00 bits per heavy atom. The van der Waals surface area contributed by atoms with Gasteiger partial charge in [-0.25, -0.2) is 9.66 Å². The summed E-state index contributed by atoms with van der Waals surface area (Å²) in [5, 5.41) is 4.31. The van der Waals surface area contributed by atoms with Gasteiger partial charge in [0.1, 0.15) is 0 Å². The number of aryl methyl sites for hydroxylation is 1. The molecule has 0 unspecified atom stereocenters. The van der Waals surface area contributed by atoms with Crippen molar-refractivity contribution >= 4 is 12.2 Å². The molecule has 2 aromatic heterocycles. The van der Waals surface area contributed by atoms with Gasteiger partial charge in [-0.2, -0.15) is 5.10 Å². The molecule has 0 amide bonds. The maximum atomic E-state index is 5.75. The fourth-order valence-corrected chi connectivity index (χ4v) is 2.00. The summed E-state index contributed by atoms with van der Waals surface area (Å²) in [6.45, 7) is 1.88. The molecule has 3 aromatic rings. The number of anilines is 1. The van der Waals surface area contributed by atoms with Crippen LogP contribution in [-0.4, -0.2) is 20.4 Å². The van der Waals surface area contributed by atoms with Crippen molar-refractivity contribution in [1.29, 1.82) is 0 Å². The summed E-state index contributed by atoms with van der Waals surface area (Å²) in [4.78, 5) is 4.10. The van der Waals surface area contributed by atoms with Crippen LogP contribution in [0.15, 0.2) is 60.1 Å². The molecule has 0 saturated heterocycles. The highest BCUT2D eigenvalue weighted by atomic mass is 15.4. The van der Waals surface area contributed by atoms with E-state index in [1.165, 1.54) is 0 Å². The van der Waals surface area contributed by atoms with Crippen molar-refractivity contribution in [3.8, 4) is 5.69 Å². The van der Waals surface area contributed by atoms with Gasteiger partial charge in [0.15, 0.2) is 0 Å². The first kappa shape index (κ1) is 12.2. The molecule has 0 spiro atoms. The van der Waals surface area contributed by atoms with Gasteiger partial charge in [-0.3, -0.25) is 0 Å². The fourth-order valence-electron chi connectivity index (χ4n) is 2.00. The van der Waals surface area contributed by atoms with E-state index < -0.39 is 0 Å². The first-order chi connectivity index (χ1) is 9.72. The summed E-state index contributed by atoms with van der Waals surface area (Å²) < 4.78 is 3.62. The average Bonchev–Trinajstić information content (AvgIpc) is 3.07. The lowest BCUT2D eigenvalue weighted by Gasteiger charge is -2.03. The summed E-state index contributed by atoms with van der Waals surface area (Å²) in [5.41, 5.74) is 8.69. The second kappa shape index (κ2) is 5.05.